The fourth-order valence-electron chi connectivity index (χ4n) is 4.08. The Bertz CT molecular complexity index is 1570. The molecule has 5 rings (SSSR count). The number of aromatic amines is 1. The number of nitriles is 1. The van der Waals surface area contributed by atoms with Crippen LogP contribution in [0.25, 0.3) is 44.3 Å². The van der Waals surface area contributed by atoms with E-state index in [2.05, 4.69) is 16.0 Å². The van der Waals surface area contributed by atoms with E-state index >= 15 is 0 Å². The summed E-state index contributed by atoms with van der Waals surface area (Å²) in [6.45, 7) is 3.35. The molecule has 0 aliphatic heterocycles. The van der Waals surface area contributed by atoms with Gasteiger partial charge in [-0.2, -0.15) is 5.26 Å². The Morgan fingerprint density at radius 3 is 2.52 bits per heavy atom. The second kappa shape index (κ2) is 7.57. The molecule has 0 radical (unpaired) electrons. The highest BCUT2D eigenvalue weighted by atomic mass is 16.4. The highest BCUT2D eigenvalue weighted by molar-refractivity contribution is 6.00. The summed E-state index contributed by atoms with van der Waals surface area (Å²) in [6, 6.07) is 23.1. The quantitative estimate of drug-likeness (QED) is 0.380. The molecule has 6 nitrogen and oxygen atoms in total. The van der Waals surface area contributed by atoms with Crippen LogP contribution in [0.2, 0.25) is 0 Å². The number of benzene rings is 3. The zero-order valence-corrected chi connectivity index (χ0v) is 18.1. The summed E-state index contributed by atoms with van der Waals surface area (Å²) in [4.78, 5) is 25.0. The molecule has 0 aliphatic rings. The molecule has 0 fully saturated rings. The zero-order valence-electron chi connectivity index (χ0n) is 18.1. The fraction of sp³-hybridized carbons (Fsp3) is 0.111. The maximum atomic E-state index is 12.1. The maximum Gasteiger partial charge on any atom is 0.315 e. The van der Waals surface area contributed by atoms with Crippen molar-refractivity contribution in [1.29, 1.82) is 5.26 Å². The van der Waals surface area contributed by atoms with Crippen molar-refractivity contribution >= 4 is 27.8 Å². The summed E-state index contributed by atoms with van der Waals surface area (Å²) in [7, 11) is 0. The van der Waals surface area contributed by atoms with Gasteiger partial charge in [0.2, 0.25) is 0 Å². The Morgan fingerprint density at radius 1 is 1.03 bits per heavy atom. The summed E-state index contributed by atoms with van der Waals surface area (Å²) >= 11 is 0. The van der Waals surface area contributed by atoms with Gasteiger partial charge < -0.3 is 10.1 Å². The van der Waals surface area contributed by atoms with Crippen LogP contribution >= 0.6 is 0 Å². The highest BCUT2D eigenvalue weighted by Crippen LogP contribution is 2.38. The van der Waals surface area contributed by atoms with Gasteiger partial charge in [0.25, 0.3) is 0 Å². The number of carboxylic acids is 1. The van der Waals surface area contributed by atoms with Crippen molar-refractivity contribution < 1.29 is 9.90 Å². The van der Waals surface area contributed by atoms with Crippen LogP contribution in [0.1, 0.15) is 25.1 Å². The van der Waals surface area contributed by atoms with E-state index in [1.54, 1.807) is 32.2 Å². The lowest BCUT2D eigenvalue weighted by molar-refractivity contribution is -0.142. The van der Waals surface area contributed by atoms with Crippen LogP contribution in [0.15, 0.2) is 72.9 Å². The van der Waals surface area contributed by atoms with Crippen LogP contribution in [0.4, 0.5) is 0 Å². The van der Waals surface area contributed by atoms with E-state index < -0.39 is 11.4 Å². The normalized spacial score (nSPS) is 11.5. The predicted octanol–water partition coefficient (Wildman–Crippen LogP) is 5.68. The molecule has 2 heterocycles. The monoisotopic (exact) mass is 432 g/mol. The van der Waals surface area contributed by atoms with Gasteiger partial charge in [0.15, 0.2) is 5.82 Å². The maximum absolute atomic E-state index is 12.1. The lowest BCUT2D eigenvalue weighted by Gasteiger charge is -2.20. The Morgan fingerprint density at radius 2 is 1.79 bits per heavy atom. The lowest BCUT2D eigenvalue weighted by Crippen LogP contribution is -2.29. The number of hydrogen-bond donors (Lipinski definition) is 2. The van der Waals surface area contributed by atoms with Crippen molar-refractivity contribution in [3.8, 4) is 28.6 Å². The number of H-pyrrole nitrogens is 1. The van der Waals surface area contributed by atoms with Gasteiger partial charge in [0.05, 0.1) is 17.1 Å². The number of para-hydroxylation sites is 2. The van der Waals surface area contributed by atoms with Crippen LogP contribution < -0.4 is 0 Å². The topological polar surface area (TPSA) is 103 Å². The van der Waals surface area contributed by atoms with E-state index in [-0.39, 0.29) is 0 Å². The number of carboxylic acid groups (broad SMARTS) is 1. The SMILES string of the molecule is CC(C)(C(=O)O)c1[nH]c2ccccc2c1-c1ncc2cccc(-c3ccc(C#N)cc3)c2n1. The average Bonchev–Trinajstić information content (AvgIpc) is 3.24. The molecule has 3 aromatic carbocycles. The summed E-state index contributed by atoms with van der Waals surface area (Å²) in [6.07, 6.45) is 1.77. The van der Waals surface area contributed by atoms with E-state index in [1.807, 2.05) is 54.6 Å². The third kappa shape index (κ3) is 3.31. The molecule has 0 saturated heterocycles. The highest BCUT2D eigenvalue weighted by Gasteiger charge is 2.35. The van der Waals surface area contributed by atoms with E-state index in [0.29, 0.717) is 22.6 Å². The summed E-state index contributed by atoms with van der Waals surface area (Å²) in [5.41, 5.74) is 4.13. The molecule has 0 saturated carbocycles. The number of nitrogens with zero attached hydrogens (tertiary/aromatic N) is 3. The van der Waals surface area contributed by atoms with Gasteiger partial charge in [-0.25, -0.2) is 9.97 Å². The first-order valence-corrected chi connectivity index (χ1v) is 10.5. The predicted molar refractivity (Wildman–Crippen MR) is 128 cm³/mol. The van der Waals surface area contributed by atoms with E-state index in [0.717, 1.165) is 32.9 Å². The molecular weight excluding hydrogens is 412 g/mol. The standard InChI is InChI=1S/C27H20N4O2/c1-27(2,26(32)33)24-22(20-7-3-4-9-21(20)30-24)25-29-15-18-6-5-8-19(23(18)31-25)17-12-10-16(14-28)11-13-17/h3-13,15,30H,1-2H3,(H,32,33). The number of aromatic nitrogens is 3. The minimum absolute atomic E-state index is 0.463. The molecule has 0 spiro atoms. The van der Waals surface area contributed by atoms with Gasteiger partial charge >= 0.3 is 5.97 Å². The van der Waals surface area contributed by atoms with Crippen LogP contribution in [0.5, 0.6) is 0 Å². The van der Waals surface area contributed by atoms with E-state index in [1.165, 1.54) is 0 Å². The summed E-state index contributed by atoms with van der Waals surface area (Å²) in [5, 5.41) is 20.8. The second-order valence-corrected chi connectivity index (χ2v) is 8.48. The van der Waals surface area contributed by atoms with Gasteiger partial charge in [-0.3, -0.25) is 4.79 Å². The van der Waals surface area contributed by atoms with Gasteiger partial charge in [0, 0.05) is 39.3 Å². The Kier molecular flexibility index (Phi) is 4.68. The number of hydrogen-bond acceptors (Lipinski definition) is 4. The fourth-order valence-corrected chi connectivity index (χ4v) is 4.08. The molecule has 2 N–H and O–H groups in total. The molecule has 0 bridgehead atoms. The molecular formula is C27H20N4O2. The van der Waals surface area contributed by atoms with Gasteiger partial charge in [-0.1, -0.05) is 48.5 Å². The zero-order chi connectivity index (χ0) is 23.2. The lowest BCUT2D eigenvalue weighted by atomic mass is 9.86. The van der Waals surface area contributed by atoms with Crippen molar-refractivity contribution in [2.24, 2.45) is 0 Å². The molecule has 0 unspecified atom stereocenters. The summed E-state index contributed by atoms with van der Waals surface area (Å²) in [5.74, 6) is -0.472. The van der Waals surface area contributed by atoms with Crippen molar-refractivity contribution in [2.75, 3.05) is 0 Å². The number of carbonyl (C=O) groups is 1. The van der Waals surface area contributed by atoms with Crippen LogP contribution in [-0.2, 0) is 10.2 Å². The molecule has 160 valence electrons. The third-order valence-electron chi connectivity index (χ3n) is 6.03. The van der Waals surface area contributed by atoms with Gasteiger partial charge in [-0.15, -0.1) is 0 Å². The molecule has 0 atom stereocenters. The first-order chi connectivity index (χ1) is 15.9. The molecule has 0 aliphatic carbocycles. The largest absolute Gasteiger partial charge is 0.481 e. The van der Waals surface area contributed by atoms with E-state index in [9.17, 15) is 9.90 Å². The summed E-state index contributed by atoms with van der Waals surface area (Å²) < 4.78 is 0. The van der Waals surface area contributed by atoms with Crippen molar-refractivity contribution in [2.45, 2.75) is 19.3 Å². The molecule has 2 aromatic heterocycles. The van der Waals surface area contributed by atoms with Crippen LogP contribution in [0, 0.1) is 11.3 Å². The van der Waals surface area contributed by atoms with Crippen molar-refractivity contribution in [3.63, 3.8) is 0 Å². The minimum Gasteiger partial charge on any atom is -0.481 e. The number of rotatable bonds is 4. The Hall–Kier alpha value is -4.50. The third-order valence-corrected chi connectivity index (χ3v) is 6.03. The first kappa shape index (κ1) is 20.4. The molecule has 33 heavy (non-hydrogen) atoms. The number of nitrogens with one attached hydrogen (secondary N) is 1. The molecule has 5 aromatic rings. The van der Waals surface area contributed by atoms with Gasteiger partial charge in [-0.05, 0) is 37.6 Å². The Balaban J connectivity index is 1.78. The molecule has 6 heteroatoms. The Labute approximate surface area is 190 Å². The minimum atomic E-state index is -1.17. The number of fused-ring (bicyclic) bond motifs is 2. The molecule has 0 amide bonds. The van der Waals surface area contributed by atoms with Gasteiger partial charge in [0.1, 0.15) is 5.41 Å². The average molecular weight is 432 g/mol. The number of aliphatic carboxylic acids is 1. The second-order valence-electron chi connectivity index (χ2n) is 8.48. The van der Waals surface area contributed by atoms with Crippen molar-refractivity contribution in [3.05, 3.63) is 84.2 Å². The van der Waals surface area contributed by atoms with Crippen LogP contribution in [-0.4, -0.2) is 26.0 Å². The van der Waals surface area contributed by atoms with Crippen molar-refractivity contribution in [1.82, 2.24) is 15.0 Å². The van der Waals surface area contributed by atoms with E-state index in [4.69, 9.17) is 10.2 Å². The smallest absolute Gasteiger partial charge is 0.315 e. The first-order valence-electron chi connectivity index (χ1n) is 10.5. The van der Waals surface area contributed by atoms with Crippen LogP contribution in [0.3, 0.4) is 0 Å².